The minimum atomic E-state index is 0.0528. The van der Waals surface area contributed by atoms with Crippen molar-refractivity contribution in [3.63, 3.8) is 0 Å². The van der Waals surface area contributed by atoms with Gasteiger partial charge in [-0.25, -0.2) is 0 Å². The highest BCUT2D eigenvalue weighted by Crippen LogP contribution is 2.32. The van der Waals surface area contributed by atoms with Gasteiger partial charge in [0.05, 0.1) is 40.7 Å². The van der Waals surface area contributed by atoms with Gasteiger partial charge in [-0.15, -0.1) is 0 Å². The molecule has 2 aromatic heterocycles. The number of methoxy groups -OCH3 is 2. The van der Waals surface area contributed by atoms with Gasteiger partial charge >= 0.3 is 0 Å². The van der Waals surface area contributed by atoms with Crippen LogP contribution in [-0.4, -0.2) is 146 Å². The summed E-state index contributed by atoms with van der Waals surface area (Å²) in [6.45, 7) is 13.6. The Balaban J connectivity index is 0.000000200. The number of hydrogen-bond acceptors (Lipinski definition) is 10. The molecule has 58 heavy (non-hydrogen) atoms. The maximum absolute atomic E-state index is 13.0. The van der Waals surface area contributed by atoms with E-state index in [1.807, 2.05) is 60.0 Å². The number of carbonyl (C=O) groups excluding carboxylic acids is 2. The number of halogens is 5. The highest BCUT2D eigenvalue weighted by Gasteiger charge is 2.27. The number of nitrogens with zero attached hydrogens (tertiary/aromatic N) is 10. The molecule has 4 aromatic rings. The monoisotopic (exact) mass is 988 g/mol. The predicted molar refractivity (Wildman–Crippen MR) is 240 cm³/mol. The molecule has 0 radical (unpaired) electrons. The molecule has 7 rings (SSSR count). The zero-order chi connectivity index (χ0) is 41.7. The number of amides is 2. The van der Waals surface area contributed by atoms with Crippen LogP contribution in [-0.2, 0) is 22.7 Å². The van der Waals surface area contributed by atoms with Crippen molar-refractivity contribution >= 4 is 98.0 Å². The van der Waals surface area contributed by atoms with Crippen molar-refractivity contribution in [2.24, 2.45) is 0 Å². The number of benzene rings is 2. The lowest BCUT2D eigenvalue weighted by Gasteiger charge is -2.36. The average Bonchev–Trinajstić information content (AvgIpc) is 3.65. The SMILES string of the molecule is COc1cc(N2CCN(C(=O)Cn3nc(I)c(Cl)c3C)CC2)ccc1Cl.COc1cc(N2CCN(C(=O)Cn3nc(N4CCN(C)CC4)c(Cl)c3C)CC2)ccc1Cl. The molecule has 0 saturated carbocycles. The molecule has 0 atom stereocenters. The first-order chi connectivity index (χ1) is 27.8. The van der Waals surface area contributed by atoms with E-state index >= 15 is 0 Å². The Kier molecular flexibility index (Phi) is 15.1. The van der Waals surface area contributed by atoms with Crippen molar-refractivity contribution in [1.82, 2.24) is 34.3 Å². The third kappa shape index (κ3) is 10.3. The van der Waals surface area contributed by atoms with E-state index in [1.165, 1.54) is 0 Å². The molecule has 0 N–H and O–H groups in total. The number of hydrogen-bond donors (Lipinski definition) is 0. The second-order valence-corrected chi connectivity index (χ2v) is 17.0. The second kappa shape index (κ2) is 19.8. The summed E-state index contributed by atoms with van der Waals surface area (Å²) in [5.74, 6) is 2.21. The number of piperazine rings is 3. The molecule has 3 fully saturated rings. The van der Waals surface area contributed by atoms with E-state index in [4.69, 9.17) is 61.0 Å². The number of ether oxygens (including phenoxy) is 2. The van der Waals surface area contributed by atoms with Crippen molar-refractivity contribution in [1.29, 1.82) is 0 Å². The van der Waals surface area contributed by atoms with Crippen LogP contribution in [0.25, 0.3) is 0 Å². The first-order valence-electron chi connectivity index (χ1n) is 19.0. The van der Waals surface area contributed by atoms with Crippen LogP contribution in [0.4, 0.5) is 17.2 Å². The van der Waals surface area contributed by atoms with Crippen molar-refractivity contribution in [3.8, 4) is 11.5 Å². The van der Waals surface area contributed by atoms with Crippen LogP contribution in [0.3, 0.4) is 0 Å². The van der Waals surface area contributed by atoms with E-state index in [2.05, 4.69) is 54.3 Å². The first-order valence-corrected chi connectivity index (χ1v) is 21.6. The Labute approximate surface area is 373 Å². The van der Waals surface area contributed by atoms with Gasteiger partial charge < -0.3 is 38.9 Å². The summed E-state index contributed by atoms with van der Waals surface area (Å²) in [6.07, 6.45) is 0. The quantitative estimate of drug-likeness (QED) is 0.184. The highest BCUT2D eigenvalue weighted by atomic mass is 127. The summed E-state index contributed by atoms with van der Waals surface area (Å²) in [5.41, 5.74) is 3.74. The van der Waals surface area contributed by atoms with Crippen LogP contribution >= 0.6 is 69.0 Å². The van der Waals surface area contributed by atoms with Gasteiger partial charge in [-0.2, -0.15) is 10.2 Å². The number of rotatable bonds is 9. The minimum absolute atomic E-state index is 0.0528. The molecule has 3 aliphatic heterocycles. The largest absolute Gasteiger partial charge is 0.495 e. The lowest BCUT2D eigenvalue weighted by molar-refractivity contribution is -0.133. The number of anilines is 3. The second-order valence-electron chi connectivity index (χ2n) is 14.4. The van der Waals surface area contributed by atoms with Crippen LogP contribution in [0.15, 0.2) is 36.4 Å². The smallest absolute Gasteiger partial charge is 0.244 e. The van der Waals surface area contributed by atoms with Gasteiger partial charge in [-0.1, -0.05) is 46.4 Å². The predicted octanol–water partition coefficient (Wildman–Crippen LogP) is 6.07. The lowest BCUT2D eigenvalue weighted by Crippen LogP contribution is -2.49. The molecule has 0 spiro atoms. The molecule has 19 heteroatoms. The molecule has 2 aromatic carbocycles. The number of likely N-dealkylation sites (N-methyl/N-ethyl adjacent to an activating group) is 1. The van der Waals surface area contributed by atoms with E-state index in [-0.39, 0.29) is 24.9 Å². The maximum atomic E-state index is 13.0. The summed E-state index contributed by atoms with van der Waals surface area (Å²) in [5, 5.41) is 11.4. The minimum Gasteiger partial charge on any atom is -0.495 e. The van der Waals surface area contributed by atoms with Crippen LogP contribution in [0.2, 0.25) is 20.1 Å². The van der Waals surface area contributed by atoms with E-state index < -0.39 is 0 Å². The van der Waals surface area contributed by atoms with E-state index in [0.29, 0.717) is 57.8 Å². The Morgan fingerprint density at radius 1 is 0.621 bits per heavy atom. The molecular weight excluding hydrogens is 941 g/mol. The van der Waals surface area contributed by atoms with E-state index in [1.54, 1.807) is 23.6 Å². The molecule has 3 saturated heterocycles. The van der Waals surface area contributed by atoms with Gasteiger partial charge in [0.1, 0.15) is 33.3 Å². The molecule has 0 unspecified atom stereocenters. The van der Waals surface area contributed by atoms with Gasteiger partial charge in [0.2, 0.25) is 11.8 Å². The van der Waals surface area contributed by atoms with Gasteiger partial charge in [-0.05, 0) is 67.8 Å². The Morgan fingerprint density at radius 3 is 1.45 bits per heavy atom. The van der Waals surface area contributed by atoms with Crippen molar-refractivity contribution in [2.75, 3.05) is 115 Å². The fraction of sp³-hybridized carbons (Fsp3) is 0.487. The first kappa shape index (κ1) is 44.2. The Morgan fingerprint density at radius 2 is 1.03 bits per heavy atom. The molecule has 2 amide bonds. The summed E-state index contributed by atoms with van der Waals surface area (Å²) in [6, 6.07) is 11.5. The van der Waals surface area contributed by atoms with Gasteiger partial charge in [0.25, 0.3) is 0 Å². The maximum Gasteiger partial charge on any atom is 0.244 e. The summed E-state index contributed by atoms with van der Waals surface area (Å²) in [4.78, 5) is 38.3. The van der Waals surface area contributed by atoms with Crippen molar-refractivity contribution < 1.29 is 19.1 Å². The highest BCUT2D eigenvalue weighted by molar-refractivity contribution is 14.1. The van der Waals surface area contributed by atoms with Crippen LogP contribution < -0.4 is 24.2 Å². The topological polar surface area (TPSA) is 108 Å². The number of carbonyl (C=O) groups is 2. The molecule has 5 heterocycles. The third-order valence-corrected chi connectivity index (χ3v) is 13.4. The fourth-order valence-corrected chi connectivity index (χ4v) is 8.53. The fourth-order valence-electron chi connectivity index (χ4n) is 7.10. The van der Waals surface area contributed by atoms with E-state index in [9.17, 15) is 9.59 Å². The normalized spacial score (nSPS) is 16.3. The standard InChI is InChI=1S/C22H30Cl2N6O2.C17H19Cl2IN4O2/c1-16-21(24)22(29-8-6-26(2)7-9-29)25-30(16)15-20(31)28-12-10-27(11-13-28)17-4-5-18(23)19(14-17)32-3;1-11-16(19)17(20)21-24(11)10-15(25)23-7-5-22(6-8-23)12-3-4-13(18)14(9-12)26-2/h4-5,14H,6-13,15H2,1-3H3;3-4,9H,5-8,10H2,1-2H3. The number of aromatic nitrogens is 4. The zero-order valence-electron chi connectivity index (χ0n) is 33.4. The molecule has 0 aliphatic carbocycles. The van der Waals surface area contributed by atoms with Crippen LogP contribution in [0.1, 0.15) is 11.4 Å². The summed E-state index contributed by atoms with van der Waals surface area (Å²) < 4.78 is 14.7. The van der Waals surface area contributed by atoms with Gasteiger partial charge in [-0.3, -0.25) is 19.0 Å². The third-order valence-electron chi connectivity index (χ3n) is 10.8. The average molecular weight is 991 g/mol. The van der Waals surface area contributed by atoms with Crippen LogP contribution in [0, 0.1) is 17.5 Å². The molecule has 0 bridgehead atoms. The Hall–Kier alpha value is -3.35. The van der Waals surface area contributed by atoms with Gasteiger partial charge in [0.15, 0.2) is 5.82 Å². The summed E-state index contributed by atoms with van der Waals surface area (Å²) >= 11 is 27.0. The summed E-state index contributed by atoms with van der Waals surface area (Å²) in [7, 11) is 5.33. The van der Waals surface area contributed by atoms with Crippen LogP contribution in [0.5, 0.6) is 11.5 Å². The molecule has 3 aliphatic rings. The molecular formula is C39H49Cl4IN10O4. The van der Waals surface area contributed by atoms with Crippen molar-refractivity contribution in [2.45, 2.75) is 26.9 Å². The lowest BCUT2D eigenvalue weighted by atomic mass is 10.2. The molecule has 314 valence electrons. The van der Waals surface area contributed by atoms with Crippen molar-refractivity contribution in [3.05, 3.63) is 71.6 Å². The van der Waals surface area contributed by atoms with Gasteiger partial charge in [0, 0.05) is 102 Å². The zero-order valence-corrected chi connectivity index (χ0v) is 38.5. The Bertz CT molecular complexity index is 2080. The molecule has 14 nitrogen and oxygen atoms in total. The van der Waals surface area contributed by atoms with E-state index in [0.717, 1.165) is 84.6 Å².